The molecule has 0 N–H and O–H groups in total. The molecule has 1 aliphatic rings. The third-order valence-electron chi connectivity index (χ3n) is 3.73. The average molecular weight is 342 g/mol. The second kappa shape index (κ2) is 5.13. The number of hydrogen-bond donors (Lipinski definition) is 0. The van der Waals surface area contributed by atoms with Crippen LogP contribution in [-0.2, 0) is 14.0 Å². The molecule has 0 amide bonds. The smallest absolute Gasteiger partial charge is 0.465 e. The highest BCUT2D eigenvalue weighted by molar-refractivity contribution is 9.10. The van der Waals surface area contributed by atoms with Gasteiger partial charge in [-0.05, 0) is 55.8 Å². The first-order chi connectivity index (χ1) is 9.16. The summed E-state index contributed by atoms with van der Waals surface area (Å²) in [5.74, 6) is -0.425. The second-order valence-electron chi connectivity index (χ2n) is 5.68. The number of hydrogen-bond acceptors (Lipinski definition) is 5. The lowest BCUT2D eigenvalue weighted by molar-refractivity contribution is 0.00578. The number of carbonyl (C=O) groups excluding carboxylic acids is 1. The number of rotatable bonds is 2. The molecule has 1 aromatic heterocycles. The number of aromatic nitrogens is 1. The summed E-state index contributed by atoms with van der Waals surface area (Å²) in [5, 5.41) is 0. The van der Waals surface area contributed by atoms with Gasteiger partial charge in [0.25, 0.3) is 0 Å². The van der Waals surface area contributed by atoms with Gasteiger partial charge in [0, 0.05) is 0 Å². The van der Waals surface area contributed by atoms with E-state index >= 15 is 0 Å². The van der Waals surface area contributed by atoms with E-state index in [4.69, 9.17) is 14.0 Å². The zero-order valence-electron chi connectivity index (χ0n) is 12.2. The van der Waals surface area contributed by atoms with Gasteiger partial charge in [0.15, 0.2) is 0 Å². The summed E-state index contributed by atoms with van der Waals surface area (Å²) in [7, 11) is 0.728. The van der Waals surface area contributed by atoms with E-state index in [0.717, 1.165) is 0 Å². The van der Waals surface area contributed by atoms with Gasteiger partial charge in [-0.15, -0.1) is 0 Å². The molecule has 1 aliphatic heterocycles. The number of methoxy groups -OCH3 is 1. The molecule has 7 heteroatoms. The van der Waals surface area contributed by atoms with Crippen LogP contribution in [0.15, 0.2) is 16.7 Å². The van der Waals surface area contributed by atoms with Crippen molar-refractivity contribution in [2.24, 2.45) is 0 Å². The highest BCUT2D eigenvalue weighted by Crippen LogP contribution is 2.36. The van der Waals surface area contributed by atoms with Crippen LogP contribution in [0.4, 0.5) is 0 Å². The first-order valence-electron chi connectivity index (χ1n) is 6.28. The van der Waals surface area contributed by atoms with Crippen LogP contribution in [0.5, 0.6) is 0 Å². The minimum atomic E-state index is -0.610. The number of esters is 1. The highest BCUT2D eigenvalue weighted by atomic mass is 79.9. The Hall–Kier alpha value is -0.915. The van der Waals surface area contributed by atoms with Crippen molar-refractivity contribution >= 4 is 34.6 Å². The molecule has 5 nitrogen and oxygen atoms in total. The van der Waals surface area contributed by atoms with Crippen LogP contribution in [0.1, 0.15) is 38.1 Å². The Balaban J connectivity index is 2.35. The first-order valence-corrected chi connectivity index (χ1v) is 7.07. The zero-order valence-corrected chi connectivity index (χ0v) is 13.8. The molecule has 0 aromatic carbocycles. The molecule has 108 valence electrons. The number of pyridine rings is 1. The molecular formula is C13H17BBrNO4. The Morgan fingerprint density at radius 3 is 2.30 bits per heavy atom. The Kier molecular flexibility index (Phi) is 3.97. The van der Waals surface area contributed by atoms with Crippen molar-refractivity contribution in [3.63, 3.8) is 0 Å². The quantitative estimate of drug-likeness (QED) is 0.467. The van der Waals surface area contributed by atoms with Crippen molar-refractivity contribution in [3.05, 3.63) is 22.3 Å². The van der Waals surface area contributed by atoms with Gasteiger partial charge < -0.3 is 14.0 Å². The number of halogens is 1. The molecule has 1 saturated heterocycles. The van der Waals surface area contributed by atoms with Gasteiger partial charge in [-0.1, -0.05) is 0 Å². The van der Waals surface area contributed by atoms with Crippen LogP contribution in [0, 0.1) is 0 Å². The van der Waals surface area contributed by atoms with E-state index in [1.54, 1.807) is 12.1 Å². The normalized spacial score (nSPS) is 20.0. The molecule has 0 bridgehead atoms. The summed E-state index contributed by atoms with van der Waals surface area (Å²) < 4.78 is 17.1. The van der Waals surface area contributed by atoms with Gasteiger partial charge in [-0.25, -0.2) is 9.78 Å². The molecular weight excluding hydrogens is 325 g/mol. The third kappa shape index (κ3) is 2.75. The maximum Gasteiger partial charge on any atom is 0.514 e. The Morgan fingerprint density at radius 1 is 1.25 bits per heavy atom. The molecule has 0 unspecified atom stereocenters. The maximum atomic E-state index is 11.6. The molecule has 0 saturated carbocycles. The summed E-state index contributed by atoms with van der Waals surface area (Å²) in [5.41, 5.74) is 0.0395. The van der Waals surface area contributed by atoms with Crippen LogP contribution in [0.3, 0.4) is 0 Å². The summed E-state index contributed by atoms with van der Waals surface area (Å²) >= 11 is 3.28. The summed E-state index contributed by atoms with van der Waals surface area (Å²) in [6.07, 6.45) is 0. The molecule has 2 heterocycles. The van der Waals surface area contributed by atoms with E-state index in [1.807, 2.05) is 27.7 Å². The summed E-state index contributed by atoms with van der Waals surface area (Å²) in [4.78, 5) is 16.0. The molecule has 1 fully saturated rings. The summed E-state index contributed by atoms with van der Waals surface area (Å²) in [6.45, 7) is 7.86. The monoisotopic (exact) mass is 341 g/mol. The van der Waals surface area contributed by atoms with Gasteiger partial charge in [-0.2, -0.15) is 0 Å². The van der Waals surface area contributed by atoms with Crippen molar-refractivity contribution < 1.29 is 18.8 Å². The topological polar surface area (TPSA) is 57.7 Å². The lowest BCUT2D eigenvalue weighted by atomic mass is 9.83. The van der Waals surface area contributed by atoms with E-state index in [-0.39, 0.29) is 0 Å². The summed E-state index contributed by atoms with van der Waals surface area (Å²) in [6, 6.07) is 3.22. The van der Waals surface area contributed by atoms with Crippen LogP contribution >= 0.6 is 15.9 Å². The van der Waals surface area contributed by atoms with E-state index in [0.29, 0.717) is 15.8 Å². The molecule has 2 rings (SSSR count). The largest absolute Gasteiger partial charge is 0.514 e. The van der Waals surface area contributed by atoms with Crippen LogP contribution in [-0.4, -0.2) is 36.4 Å². The zero-order chi connectivity index (χ0) is 15.1. The number of nitrogens with zero attached hydrogens (tertiary/aromatic N) is 1. The van der Waals surface area contributed by atoms with Crippen molar-refractivity contribution in [1.29, 1.82) is 0 Å². The van der Waals surface area contributed by atoms with Crippen molar-refractivity contribution in [2.45, 2.75) is 38.9 Å². The number of ether oxygens (including phenoxy) is 1. The highest BCUT2D eigenvalue weighted by Gasteiger charge is 2.52. The van der Waals surface area contributed by atoms with Crippen molar-refractivity contribution in [2.75, 3.05) is 7.11 Å². The van der Waals surface area contributed by atoms with E-state index in [1.165, 1.54) is 7.11 Å². The molecule has 0 spiro atoms. The molecule has 1 aromatic rings. The first kappa shape index (κ1) is 15.5. The lowest BCUT2D eigenvalue weighted by Gasteiger charge is -2.32. The fourth-order valence-corrected chi connectivity index (χ4v) is 2.29. The average Bonchev–Trinajstić information content (AvgIpc) is 2.57. The van der Waals surface area contributed by atoms with Gasteiger partial charge in [0.05, 0.1) is 29.5 Å². The molecule has 20 heavy (non-hydrogen) atoms. The fourth-order valence-electron chi connectivity index (χ4n) is 1.84. The van der Waals surface area contributed by atoms with Crippen molar-refractivity contribution in [1.82, 2.24) is 4.98 Å². The second-order valence-corrected chi connectivity index (χ2v) is 6.50. The van der Waals surface area contributed by atoms with E-state index < -0.39 is 24.3 Å². The molecule has 0 radical (unpaired) electrons. The van der Waals surface area contributed by atoms with Gasteiger partial charge in [0.1, 0.15) is 4.60 Å². The Bertz CT molecular complexity index is 531. The van der Waals surface area contributed by atoms with Crippen molar-refractivity contribution in [3.8, 4) is 0 Å². The van der Waals surface area contributed by atoms with E-state index in [2.05, 4.69) is 20.9 Å². The van der Waals surface area contributed by atoms with Crippen LogP contribution in [0.25, 0.3) is 0 Å². The lowest BCUT2D eigenvalue weighted by Crippen LogP contribution is -2.41. The van der Waals surface area contributed by atoms with Crippen LogP contribution in [0.2, 0.25) is 0 Å². The number of carbonyl (C=O) groups is 1. The third-order valence-corrected chi connectivity index (χ3v) is 4.14. The van der Waals surface area contributed by atoms with Crippen LogP contribution < -0.4 is 5.59 Å². The Morgan fingerprint density at radius 2 is 1.80 bits per heavy atom. The standard InChI is InChI=1S/C13H17BBrNO4/c1-12(2)13(3,4)20-14(19-12)9-6-8(11(17)18-5)7-10(15)16-9/h6-7H,1-5H3. The molecule has 0 aliphatic carbocycles. The predicted octanol–water partition coefficient (Wildman–Crippen LogP) is 1.93. The minimum Gasteiger partial charge on any atom is -0.465 e. The maximum absolute atomic E-state index is 11.6. The van der Waals surface area contributed by atoms with Gasteiger partial charge >= 0.3 is 13.1 Å². The fraction of sp³-hybridized carbons (Fsp3) is 0.538. The predicted molar refractivity (Wildman–Crippen MR) is 79.0 cm³/mol. The van der Waals surface area contributed by atoms with Gasteiger partial charge in [-0.3, -0.25) is 0 Å². The minimum absolute atomic E-state index is 0.402. The SMILES string of the molecule is COC(=O)c1cc(Br)nc(B2OC(C)(C)C(C)(C)O2)c1. The Labute approximate surface area is 127 Å². The van der Waals surface area contributed by atoms with Gasteiger partial charge in [0.2, 0.25) is 0 Å². The van der Waals surface area contributed by atoms with E-state index in [9.17, 15) is 4.79 Å². The molecule has 0 atom stereocenters.